The van der Waals surface area contributed by atoms with E-state index < -0.39 is 9.84 Å². The number of hydrogen-bond acceptors (Lipinski definition) is 5. The standard InChI is InChI=1S/C16H20N2O3S2/c1-2-18(15-6-7-23(20,21)12-15)16(19)11-22-10-14-5-3-4-13(8-14)9-17/h3-5,8,15H,2,6-7,10-12H2,1H3/t15-/m0/s1. The maximum atomic E-state index is 12.3. The van der Waals surface area contributed by atoms with E-state index in [-0.39, 0.29) is 23.5 Å². The van der Waals surface area contributed by atoms with Gasteiger partial charge in [0.1, 0.15) is 0 Å². The molecule has 0 bridgehead atoms. The van der Waals surface area contributed by atoms with E-state index in [2.05, 4.69) is 6.07 Å². The van der Waals surface area contributed by atoms with Crippen molar-refractivity contribution in [3.8, 4) is 6.07 Å². The molecule has 0 N–H and O–H groups in total. The van der Waals surface area contributed by atoms with Crippen LogP contribution in [0.3, 0.4) is 0 Å². The zero-order chi connectivity index (χ0) is 16.9. The summed E-state index contributed by atoms with van der Waals surface area (Å²) in [4.78, 5) is 14.0. The summed E-state index contributed by atoms with van der Waals surface area (Å²) in [7, 11) is -2.99. The molecule has 1 aliphatic rings. The van der Waals surface area contributed by atoms with Crippen molar-refractivity contribution in [2.45, 2.75) is 25.1 Å². The van der Waals surface area contributed by atoms with Gasteiger partial charge in [-0.05, 0) is 31.0 Å². The molecule has 0 aromatic heterocycles. The Bertz CT molecular complexity index is 710. The number of carbonyl (C=O) groups is 1. The fourth-order valence-electron chi connectivity index (χ4n) is 2.73. The SMILES string of the molecule is CCN(C(=O)CSCc1cccc(C#N)c1)[C@H]1CCS(=O)(=O)C1. The van der Waals surface area contributed by atoms with Gasteiger partial charge in [-0.2, -0.15) is 5.26 Å². The third-order valence-corrected chi connectivity index (χ3v) is 6.60. The second-order valence-electron chi connectivity index (χ2n) is 5.54. The van der Waals surface area contributed by atoms with E-state index in [1.165, 1.54) is 11.8 Å². The molecular formula is C16H20N2O3S2. The number of hydrogen-bond donors (Lipinski definition) is 0. The molecule has 1 aromatic carbocycles. The number of carbonyl (C=O) groups excluding carboxylic acids is 1. The van der Waals surface area contributed by atoms with E-state index in [0.29, 0.717) is 30.0 Å². The van der Waals surface area contributed by atoms with Gasteiger partial charge in [0.25, 0.3) is 0 Å². The van der Waals surface area contributed by atoms with Crippen molar-refractivity contribution in [3.05, 3.63) is 35.4 Å². The molecular weight excluding hydrogens is 332 g/mol. The number of benzene rings is 1. The van der Waals surface area contributed by atoms with Gasteiger partial charge in [0, 0.05) is 18.3 Å². The van der Waals surface area contributed by atoms with Crippen molar-refractivity contribution in [3.63, 3.8) is 0 Å². The predicted molar refractivity (Wildman–Crippen MR) is 91.8 cm³/mol. The maximum absolute atomic E-state index is 12.3. The number of nitrogens with zero attached hydrogens (tertiary/aromatic N) is 2. The van der Waals surface area contributed by atoms with Crippen molar-refractivity contribution >= 4 is 27.5 Å². The summed E-state index contributed by atoms with van der Waals surface area (Å²) in [6, 6.07) is 9.24. The van der Waals surface area contributed by atoms with E-state index in [0.717, 1.165) is 5.56 Å². The number of rotatable bonds is 6. The molecule has 1 heterocycles. The monoisotopic (exact) mass is 352 g/mol. The van der Waals surface area contributed by atoms with Crippen LogP contribution in [0.2, 0.25) is 0 Å². The molecule has 1 fully saturated rings. The van der Waals surface area contributed by atoms with Crippen LogP contribution in [0.15, 0.2) is 24.3 Å². The van der Waals surface area contributed by atoms with Crippen molar-refractivity contribution in [1.82, 2.24) is 4.90 Å². The zero-order valence-corrected chi connectivity index (χ0v) is 14.7. The Hall–Kier alpha value is -1.52. The summed E-state index contributed by atoms with van der Waals surface area (Å²) >= 11 is 1.49. The fourth-order valence-corrected chi connectivity index (χ4v) is 5.32. The largest absolute Gasteiger partial charge is 0.338 e. The molecule has 1 saturated heterocycles. The number of nitriles is 1. The van der Waals surface area contributed by atoms with E-state index in [9.17, 15) is 13.2 Å². The number of amides is 1. The van der Waals surface area contributed by atoms with Gasteiger partial charge in [-0.25, -0.2) is 8.42 Å². The van der Waals surface area contributed by atoms with E-state index in [1.54, 1.807) is 11.0 Å². The highest BCUT2D eigenvalue weighted by Gasteiger charge is 2.33. The van der Waals surface area contributed by atoms with Gasteiger partial charge in [0.15, 0.2) is 9.84 Å². The highest BCUT2D eigenvalue weighted by molar-refractivity contribution is 7.99. The first kappa shape index (κ1) is 17.8. The Morgan fingerprint density at radius 2 is 2.26 bits per heavy atom. The summed E-state index contributed by atoms with van der Waals surface area (Å²) in [6.45, 7) is 2.41. The predicted octanol–water partition coefficient (Wildman–Crippen LogP) is 1.83. The molecule has 1 aromatic rings. The molecule has 1 aliphatic heterocycles. The molecule has 2 rings (SSSR count). The van der Waals surface area contributed by atoms with Crippen LogP contribution in [-0.2, 0) is 20.4 Å². The Balaban J connectivity index is 1.87. The smallest absolute Gasteiger partial charge is 0.232 e. The molecule has 124 valence electrons. The average molecular weight is 352 g/mol. The van der Waals surface area contributed by atoms with Gasteiger partial charge in [-0.3, -0.25) is 4.79 Å². The lowest BCUT2D eigenvalue weighted by molar-refractivity contribution is -0.129. The maximum Gasteiger partial charge on any atom is 0.232 e. The summed E-state index contributed by atoms with van der Waals surface area (Å²) < 4.78 is 23.1. The normalized spacial score (nSPS) is 19.2. The number of thioether (sulfide) groups is 1. The minimum atomic E-state index is -2.99. The van der Waals surface area contributed by atoms with Crippen LogP contribution < -0.4 is 0 Å². The average Bonchev–Trinajstić information content (AvgIpc) is 2.88. The van der Waals surface area contributed by atoms with Gasteiger partial charge >= 0.3 is 0 Å². The summed E-state index contributed by atoms with van der Waals surface area (Å²) in [5, 5.41) is 8.88. The first-order valence-electron chi connectivity index (χ1n) is 7.52. The molecule has 0 aliphatic carbocycles. The van der Waals surface area contributed by atoms with Crippen LogP contribution in [0.1, 0.15) is 24.5 Å². The van der Waals surface area contributed by atoms with Crippen LogP contribution in [0, 0.1) is 11.3 Å². The Kier molecular flexibility index (Phi) is 6.08. The molecule has 1 amide bonds. The molecule has 5 nitrogen and oxygen atoms in total. The van der Waals surface area contributed by atoms with Crippen LogP contribution >= 0.6 is 11.8 Å². The summed E-state index contributed by atoms with van der Waals surface area (Å²) in [6.07, 6.45) is 0.538. The second-order valence-corrected chi connectivity index (χ2v) is 8.76. The van der Waals surface area contributed by atoms with Gasteiger partial charge in [0.2, 0.25) is 5.91 Å². The van der Waals surface area contributed by atoms with E-state index in [1.807, 2.05) is 25.1 Å². The fraction of sp³-hybridized carbons (Fsp3) is 0.500. The lowest BCUT2D eigenvalue weighted by Crippen LogP contribution is -2.41. The van der Waals surface area contributed by atoms with Gasteiger partial charge < -0.3 is 4.90 Å². The lowest BCUT2D eigenvalue weighted by Gasteiger charge is -2.26. The first-order chi connectivity index (χ1) is 10.9. The molecule has 1 atom stereocenters. The van der Waals surface area contributed by atoms with Crippen molar-refractivity contribution in [2.24, 2.45) is 0 Å². The second kappa shape index (κ2) is 7.84. The first-order valence-corrected chi connectivity index (χ1v) is 10.5. The van der Waals surface area contributed by atoms with Gasteiger partial charge in [-0.15, -0.1) is 11.8 Å². The van der Waals surface area contributed by atoms with Crippen LogP contribution in [0.4, 0.5) is 0 Å². The minimum absolute atomic E-state index is 0.0176. The highest BCUT2D eigenvalue weighted by Crippen LogP contribution is 2.20. The summed E-state index contributed by atoms with van der Waals surface area (Å²) in [5.41, 5.74) is 1.62. The third kappa shape index (κ3) is 4.98. The Morgan fingerprint density at radius 1 is 1.48 bits per heavy atom. The zero-order valence-electron chi connectivity index (χ0n) is 13.1. The quantitative estimate of drug-likeness (QED) is 0.780. The molecule has 7 heteroatoms. The topological polar surface area (TPSA) is 78.2 Å². The molecule has 0 radical (unpaired) electrons. The van der Waals surface area contributed by atoms with E-state index in [4.69, 9.17) is 5.26 Å². The van der Waals surface area contributed by atoms with Crippen LogP contribution in [0.25, 0.3) is 0 Å². The van der Waals surface area contributed by atoms with Crippen molar-refractivity contribution in [1.29, 1.82) is 5.26 Å². The minimum Gasteiger partial charge on any atom is -0.338 e. The molecule has 23 heavy (non-hydrogen) atoms. The van der Waals surface area contributed by atoms with Crippen molar-refractivity contribution in [2.75, 3.05) is 23.8 Å². The van der Waals surface area contributed by atoms with Crippen molar-refractivity contribution < 1.29 is 13.2 Å². The van der Waals surface area contributed by atoms with Crippen LogP contribution in [0.5, 0.6) is 0 Å². The molecule has 0 unspecified atom stereocenters. The lowest BCUT2D eigenvalue weighted by atomic mass is 10.2. The van der Waals surface area contributed by atoms with E-state index >= 15 is 0 Å². The Morgan fingerprint density at radius 3 is 2.87 bits per heavy atom. The van der Waals surface area contributed by atoms with Gasteiger partial charge in [0.05, 0.1) is 28.9 Å². The molecule has 0 spiro atoms. The van der Waals surface area contributed by atoms with Crippen LogP contribution in [-0.4, -0.2) is 49.1 Å². The third-order valence-electron chi connectivity index (χ3n) is 3.86. The summed E-state index contributed by atoms with van der Waals surface area (Å²) in [5.74, 6) is 1.22. The molecule has 0 saturated carbocycles. The number of sulfone groups is 1. The highest BCUT2D eigenvalue weighted by atomic mass is 32.2. The Labute approximate surface area is 141 Å². The van der Waals surface area contributed by atoms with Gasteiger partial charge in [-0.1, -0.05) is 12.1 Å².